The molecule has 2 amide bonds. The lowest BCUT2D eigenvalue weighted by Gasteiger charge is -2.11. The van der Waals surface area contributed by atoms with Crippen LogP contribution in [0.3, 0.4) is 0 Å². The molecule has 0 radical (unpaired) electrons. The zero-order valence-corrected chi connectivity index (χ0v) is 15.0. The summed E-state index contributed by atoms with van der Waals surface area (Å²) in [6.07, 6.45) is 0. The van der Waals surface area contributed by atoms with Crippen molar-refractivity contribution in [1.82, 2.24) is 5.32 Å². The number of ether oxygens (including phenoxy) is 3. The second-order valence-electron chi connectivity index (χ2n) is 5.34. The molecule has 0 atom stereocenters. The number of carbonyl (C=O) groups excluding carboxylic acids is 3. The van der Waals surface area contributed by atoms with Crippen LogP contribution < -0.4 is 20.1 Å². The van der Waals surface area contributed by atoms with Crippen LogP contribution in [0, 0.1) is 0 Å². The Morgan fingerprint density at radius 3 is 2.37 bits per heavy atom. The summed E-state index contributed by atoms with van der Waals surface area (Å²) in [6, 6.07) is 13.2. The third kappa shape index (κ3) is 6.03. The van der Waals surface area contributed by atoms with E-state index in [0.717, 1.165) is 0 Å². The maximum absolute atomic E-state index is 11.9. The van der Waals surface area contributed by atoms with Gasteiger partial charge in [-0.1, -0.05) is 18.2 Å². The van der Waals surface area contributed by atoms with E-state index in [4.69, 9.17) is 9.47 Å². The number of carbonyl (C=O) groups is 3. The van der Waals surface area contributed by atoms with Gasteiger partial charge in [0.2, 0.25) is 5.91 Å². The first-order chi connectivity index (χ1) is 13.0. The lowest BCUT2D eigenvalue weighted by Crippen LogP contribution is -2.35. The van der Waals surface area contributed by atoms with Gasteiger partial charge < -0.3 is 24.8 Å². The molecule has 0 unspecified atom stereocenters. The molecular weight excluding hydrogens is 352 g/mol. The summed E-state index contributed by atoms with van der Waals surface area (Å²) >= 11 is 0. The van der Waals surface area contributed by atoms with E-state index in [1.54, 1.807) is 42.5 Å². The predicted molar refractivity (Wildman–Crippen MR) is 97.9 cm³/mol. The summed E-state index contributed by atoms with van der Waals surface area (Å²) in [5.41, 5.74) is 0.729. The number of esters is 1. The molecule has 0 spiro atoms. The molecule has 0 aliphatic carbocycles. The molecule has 0 aromatic heterocycles. The van der Waals surface area contributed by atoms with Crippen molar-refractivity contribution in [3.8, 4) is 11.5 Å². The molecular formula is C19H20N2O6. The summed E-state index contributed by atoms with van der Waals surface area (Å²) < 4.78 is 15.1. The first-order valence-electron chi connectivity index (χ1n) is 8.04. The minimum absolute atomic E-state index is 0.240. The van der Waals surface area contributed by atoms with E-state index in [0.29, 0.717) is 22.7 Å². The smallest absolute Gasteiger partial charge is 0.337 e. The third-order valence-electron chi connectivity index (χ3n) is 3.44. The van der Waals surface area contributed by atoms with Gasteiger partial charge in [-0.2, -0.15) is 0 Å². The number of nitrogens with one attached hydrogen (secondary N) is 2. The standard InChI is InChI=1S/C19H20N2O6/c1-25-15-8-3-4-9-16(15)27-12-18(23)20-11-17(22)21-14-7-5-6-13(10-14)19(24)26-2/h3-10H,11-12H2,1-2H3,(H,20,23)(H,21,22). The Labute approximate surface area is 156 Å². The second-order valence-corrected chi connectivity index (χ2v) is 5.34. The Morgan fingerprint density at radius 1 is 0.926 bits per heavy atom. The molecule has 0 saturated carbocycles. The molecule has 0 heterocycles. The monoisotopic (exact) mass is 372 g/mol. The van der Waals surface area contributed by atoms with Gasteiger partial charge in [-0.05, 0) is 30.3 Å². The van der Waals surface area contributed by atoms with Gasteiger partial charge in [-0.25, -0.2) is 4.79 Å². The van der Waals surface area contributed by atoms with E-state index in [1.807, 2.05) is 0 Å². The van der Waals surface area contributed by atoms with Crippen LogP contribution in [0.5, 0.6) is 11.5 Å². The molecule has 142 valence electrons. The third-order valence-corrected chi connectivity index (χ3v) is 3.44. The fourth-order valence-corrected chi connectivity index (χ4v) is 2.16. The Bertz CT molecular complexity index is 821. The number of methoxy groups -OCH3 is 2. The lowest BCUT2D eigenvalue weighted by molar-refractivity contribution is -0.125. The minimum atomic E-state index is -0.507. The van der Waals surface area contributed by atoms with E-state index < -0.39 is 17.8 Å². The molecule has 0 fully saturated rings. The summed E-state index contributed by atoms with van der Waals surface area (Å²) in [6.45, 7) is -0.498. The van der Waals surface area contributed by atoms with Crippen LogP contribution in [0.1, 0.15) is 10.4 Å². The van der Waals surface area contributed by atoms with Crippen LogP contribution in [0.4, 0.5) is 5.69 Å². The summed E-state index contributed by atoms with van der Waals surface area (Å²) in [5.74, 6) is -0.470. The average molecular weight is 372 g/mol. The maximum atomic E-state index is 11.9. The summed E-state index contributed by atoms with van der Waals surface area (Å²) in [7, 11) is 2.78. The van der Waals surface area contributed by atoms with Crippen molar-refractivity contribution in [3.05, 3.63) is 54.1 Å². The van der Waals surface area contributed by atoms with Crippen molar-refractivity contribution >= 4 is 23.5 Å². The van der Waals surface area contributed by atoms with Gasteiger partial charge in [0.15, 0.2) is 18.1 Å². The Kier molecular flexibility index (Phi) is 7.18. The van der Waals surface area contributed by atoms with Gasteiger partial charge in [0.25, 0.3) is 5.91 Å². The SMILES string of the molecule is COC(=O)c1cccc(NC(=O)CNC(=O)COc2ccccc2OC)c1. The summed E-state index contributed by atoms with van der Waals surface area (Å²) in [4.78, 5) is 35.3. The Balaban J connectivity index is 1.80. The molecule has 8 nitrogen and oxygen atoms in total. The van der Waals surface area contributed by atoms with Gasteiger partial charge in [0.05, 0.1) is 26.3 Å². The van der Waals surface area contributed by atoms with Gasteiger partial charge in [0.1, 0.15) is 0 Å². The molecule has 27 heavy (non-hydrogen) atoms. The van der Waals surface area contributed by atoms with E-state index in [1.165, 1.54) is 20.3 Å². The van der Waals surface area contributed by atoms with Crippen LogP contribution in [0.15, 0.2) is 48.5 Å². The number of para-hydroxylation sites is 2. The number of hydrogen-bond acceptors (Lipinski definition) is 6. The molecule has 0 bridgehead atoms. The van der Waals surface area contributed by atoms with E-state index >= 15 is 0 Å². The van der Waals surface area contributed by atoms with Gasteiger partial charge >= 0.3 is 5.97 Å². The van der Waals surface area contributed by atoms with Crippen LogP contribution in [0.25, 0.3) is 0 Å². The number of anilines is 1. The molecule has 2 N–H and O–H groups in total. The fraction of sp³-hybridized carbons (Fsp3) is 0.211. The predicted octanol–water partition coefficient (Wildman–Crippen LogP) is 1.62. The summed E-state index contributed by atoms with van der Waals surface area (Å²) in [5, 5.41) is 5.04. The zero-order valence-electron chi connectivity index (χ0n) is 15.0. The molecule has 2 aromatic rings. The van der Waals surface area contributed by atoms with Crippen LogP contribution in [-0.2, 0) is 14.3 Å². The zero-order chi connectivity index (χ0) is 19.6. The van der Waals surface area contributed by atoms with E-state index in [-0.39, 0.29) is 13.2 Å². The fourth-order valence-electron chi connectivity index (χ4n) is 2.16. The highest BCUT2D eigenvalue weighted by atomic mass is 16.5. The van der Waals surface area contributed by atoms with Crippen molar-refractivity contribution in [2.75, 3.05) is 32.7 Å². The van der Waals surface area contributed by atoms with Crippen molar-refractivity contribution < 1.29 is 28.6 Å². The van der Waals surface area contributed by atoms with Gasteiger partial charge in [-0.3, -0.25) is 9.59 Å². The molecule has 0 aliphatic rings. The molecule has 0 aliphatic heterocycles. The van der Waals surface area contributed by atoms with Crippen molar-refractivity contribution in [1.29, 1.82) is 0 Å². The number of hydrogen-bond donors (Lipinski definition) is 2. The van der Waals surface area contributed by atoms with Gasteiger partial charge in [-0.15, -0.1) is 0 Å². The normalized spacial score (nSPS) is 9.85. The van der Waals surface area contributed by atoms with Crippen LogP contribution >= 0.6 is 0 Å². The quantitative estimate of drug-likeness (QED) is 0.683. The van der Waals surface area contributed by atoms with E-state index in [2.05, 4.69) is 15.4 Å². The largest absolute Gasteiger partial charge is 0.493 e. The molecule has 8 heteroatoms. The first-order valence-corrected chi connectivity index (χ1v) is 8.04. The maximum Gasteiger partial charge on any atom is 0.337 e. The Morgan fingerprint density at radius 2 is 1.67 bits per heavy atom. The highest BCUT2D eigenvalue weighted by Crippen LogP contribution is 2.25. The number of benzene rings is 2. The van der Waals surface area contributed by atoms with Crippen LogP contribution in [-0.4, -0.2) is 45.2 Å². The van der Waals surface area contributed by atoms with Crippen molar-refractivity contribution in [2.45, 2.75) is 0 Å². The average Bonchev–Trinajstić information content (AvgIpc) is 2.70. The van der Waals surface area contributed by atoms with Crippen LogP contribution in [0.2, 0.25) is 0 Å². The van der Waals surface area contributed by atoms with E-state index in [9.17, 15) is 14.4 Å². The van der Waals surface area contributed by atoms with Crippen molar-refractivity contribution in [3.63, 3.8) is 0 Å². The highest BCUT2D eigenvalue weighted by molar-refractivity contribution is 5.96. The minimum Gasteiger partial charge on any atom is -0.493 e. The topological polar surface area (TPSA) is 103 Å². The second kappa shape index (κ2) is 9.81. The molecule has 2 aromatic carbocycles. The van der Waals surface area contributed by atoms with Crippen molar-refractivity contribution in [2.24, 2.45) is 0 Å². The Hall–Kier alpha value is -3.55. The first kappa shape index (κ1) is 19.8. The molecule has 0 saturated heterocycles. The van der Waals surface area contributed by atoms with Gasteiger partial charge in [0, 0.05) is 5.69 Å². The molecule has 2 rings (SSSR count). The highest BCUT2D eigenvalue weighted by Gasteiger charge is 2.10. The lowest BCUT2D eigenvalue weighted by atomic mass is 10.2. The number of amides is 2. The number of rotatable bonds is 8.